The van der Waals surface area contributed by atoms with Gasteiger partial charge in [-0.15, -0.1) is 0 Å². The zero-order chi connectivity index (χ0) is 16.1. The van der Waals surface area contributed by atoms with Crippen molar-refractivity contribution in [1.82, 2.24) is 5.32 Å². The molecule has 0 heterocycles. The third-order valence-electron chi connectivity index (χ3n) is 3.14. The van der Waals surface area contributed by atoms with E-state index >= 15 is 0 Å². The molecule has 0 aliphatic heterocycles. The standard InChI is InChI=1S/C16H15FN2O2S/c17-13-4-2-1-3-12(13)15(22)19-14(16(20)21)9-10-5-7-11(18)8-6-10/h1-8,14H,9,18H2,(H,19,22)(H,20,21)/t14-/m0/s1. The van der Waals surface area contributed by atoms with Crippen molar-refractivity contribution in [2.24, 2.45) is 0 Å². The van der Waals surface area contributed by atoms with Crippen molar-refractivity contribution in [2.45, 2.75) is 12.5 Å². The number of hydrogen-bond donors (Lipinski definition) is 3. The fourth-order valence-corrected chi connectivity index (χ4v) is 2.28. The third-order valence-corrected chi connectivity index (χ3v) is 3.48. The Balaban J connectivity index is 2.12. The number of hydrogen-bond acceptors (Lipinski definition) is 3. The molecule has 4 N–H and O–H groups in total. The Morgan fingerprint density at radius 2 is 1.86 bits per heavy atom. The van der Waals surface area contributed by atoms with Crippen molar-refractivity contribution in [3.63, 3.8) is 0 Å². The van der Waals surface area contributed by atoms with Gasteiger partial charge in [-0.05, 0) is 29.8 Å². The summed E-state index contributed by atoms with van der Waals surface area (Å²) in [6.07, 6.45) is 0.213. The Hall–Kier alpha value is -2.47. The highest BCUT2D eigenvalue weighted by Gasteiger charge is 2.20. The van der Waals surface area contributed by atoms with Crippen LogP contribution in [0.2, 0.25) is 0 Å². The molecule has 0 aliphatic rings. The number of carboxylic acids is 1. The van der Waals surface area contributed by atoms with E-state index in [1.165, 1.54) is 12.1 Å². The van der Waals surface area contributed by atoms with Crippen LogP contribution in [0.1, 0.15) is 11.1 Å². The molecule has 4 nitrogen and oxygen atoms in total. The Morgan fingerprint density at radius 3 is 2.45 bits per heavy atom. The smallest absolute Gasteiger partial charge is 0.326 e. The highest BCUT2D eigenvalue weighted by atomic mass is 32.1. The van der Waals surface area contributed by atoms with Crippen LogP contribution < -0.4 is 11.1 Å². The summed E-state index contributed by atoms with van der Waals surface area (Å²) in [7, 11) is 0. The van der Waals surface area contributed by atoms with Gasteiger partial charge in [0.05, 0.1) is 0 Å². The summed E-state index contributed by atoms with van der Waals surface area (Å²) in [5.41, 5.74) is 7.18. The van der Waals surface area contributed by atoms with E-state index in [0.717, 1.165) is 5.56 Å². The maximum Gasteiger partial charge on any atom is 0.326 e. The zero-order valence-electron chi connectivity index (χ0n) is 11.6. The Labute approximate surface area is 132 Å². The monoisotopic (exact) mass is 318 g/mol. The van der Waals surface area contributed by atoms with Crippen LogP contribution >= 0.6 is 12.2 Å². The normalized spacial score (nSPS) is 11.7. The summed E-state index contributed by atoms with van der Waals surface area (Å²) < 4.78 is 13.7. The first-order valence-corrected chi connectivity index (χ1v) is 7.01. The summed E-state index contributed by atoms with van der Waals surface area (Å²) in [5, 5.41) is 12.0. The van der Waals surface area contributed by atoms with Gasteiger partial charge in [0.15, 0.2) is 0 Å². The van der Waals surface area contributed by atoms with E-state index in [1.807, 2.05) is 0 Å². The van der Waals surface area contributed by atoms with Gasteiger partial charge < -0.3 is 16.2 Å². The molecule has 2 aromatic rings. The number of carboxylic acid groups (broad SMARTS) is 1. The second-order valence-corrected chi connectivity index (χ2v) is 5.20. The minimum atomic E-state index is -1.06. The molecule has 2 aromatic carbocycles. The van der Waals surface area contributed by atoms with Crippen LogP contribution in [0.25, 0.3) is 0 Å². The van der Waals surface area contributed by atoms with Gasteiger partial charge in [-0.2, -0.15) is 0 Å². The van der Waals surface area contributed by atoms with Crippen LogP contribution in [0.3, 0.4) is 0 Å². The molecule has 0 amide bonds. The van der Waals surface area contributed by atoms with Gasteiger partial charge in [-0.25, -0.2) is 9.18 Å². The first-order valence-electron chi connectivity index (χ1n) is 6.60. The number of nitrogens with two attached hydrogens (primary N) is 1. The molecule has 0 spiro atoms. The minimum Gasteiger partial charge on any atom is -0.480 e. The van der Waals surface area contributed by atoms with Crippen molar-refractivity contribution < 1.29 is 14.3 Å². The first kappa shape index (κ1) is 15.9. The van der Waals surface area contributed by atoms with Gasteiger partial charge in [0.1, 0.15) is 16.8 Å². The average molecular weight is 318 g/mol. The molecule has 0 radical (unpaired) electrons. The maximum absolute atomic E-state index is 13.7. The summed E-state index contributed by atoms with van der Waals surface area (Å²) in [6.45, 7) is 0. The lowest BCUT2D eigenvalue weighted by atomic mass is 10.1. The highest BCUT2D eigenvalue weighted by Crippen LogP contribution is 2.11. The SMILES string of the molecule is Nc1ccc(C[C@H](NC(=S)c2ccccc2F)C(=O)O)cc1. The van der Waals surface area contributed by atoms with Crippen LogP contribution in [-0.4, -0.2) is 22.1 Å². The maximum atomic E-state index is 13.7. The number of nitrogen functional groups attached to an aromatic ring is 1. The van der Waals surface area contributed by atoms with Gasteiger partial charge >= 0.3 is 5.97 Å². The summed E-state index contributed by atoms with van der Waals surface area (Å²) in [4.78, 5) is 11.5. The van der Waals surface area contributed by atoms with Crippen LogP contribution in [0.4, 0.5) is 10.1 Å². The molecule has 0 aromatic heterocycles. The fourth-order valence-electron chi connectivity index (χ4n) is 1.97. The number of nitrogens with one attached hydrogen (secondary N) is 1. The predicted molar refractivity (Wildman–Crippen MR) is 87.2 cm³/mol. The summed E-state index contributed by atoms with van der Waals surface area (Å²) >= 11 is 5.11. The van der Waals surface area contributed by atoms with E-state index in [-0.39, 0.29) is 17.0 Å². The van der Waals surface area contributed by atoms with Crippen molar-refractivity contribution in [1.29, 1.82) is 0 Å². The van der Waals surface area contributed by atoms with Gasteiger partial charge in [0.25, 0.3) is 0 Å². The number of benzene rings is 2. The van der Waals surface area contributed by atoms with E-state index in [2.05, 4.69) is 5.32 Å². The van der Waals surface area contributed by atoms with Crippen LogP contribution in [0.5, 0.6) is 0 Å². The molecular weight excluding hydrogens is 303 g/mol. The molecule has 0 aliphatic carbocycles. The van der Waals surface area contributed by atoms with E-state index < -0.39 is 17.8 Å². The summed E-state index contributed by atoms with van der Waals surface area (Å²) in [6, 6.07) is 11.9. The fraction of sp³-hybridized carbons (Fsp3) is 0.125. The minimum absolute atomic E-state index is 0.0703. The number of aliphatic carboxylic acids is 1. The average Bonchev–Trinajstić information content (AvgIpc) is 2.49. The lowest BCUT2D eigenvalue weighted by Crippen LogP contribution is -2.42. The van der Waals surface area contributed by atoms with Crippen molar-refractivity contribution in [3.8, 4) is 0 Å². The zero-order valence-corrected chi connectivity index (χ0v) is 12.4. The quantitative estimate of drug-likeness (QED) is 0.583. The molecule has 6 heteroatoms. The van der Waals surface area contributed by atoms with Crippen molar-refractivity contribution >= 4 is 28.9 Å². The second kappa shape index (κ2) is 7.00. The molecule has 1 atom stereocenters. The molecule has 0 fully saturated rings. The van der Waals surface area contributed by atoms with E-state index in [1.54, 1.807) is 36.4 Å². The third kappa shape index (κ3) is 4.02. The van der Waals surface area contributed by atoms with Crippen LogP contribution in [0.15, 0.2) is 48.5 Å². The molecule has 114 valence electrons. The molecule has 2 rings (SSSR count). The molecule has 0 unspecified atom stereocenters. The number of rotatable bonds is 5. The second-order valence-electron chi connectivity index (χ2n) is 4.79. The van der Waals surface area contributed by atoms with E-state index in [9.17, 15) is 14.3 Å². The van der Waals surface area contributed by atoms with E-state index in [4.69, 9.17) is 18.0 Å². The van der Waals surface area contributed by atoms with Crippen molar-refractivity contribution in [2.75, 3.05) is 5.73 Å². The largest absolute Gasteiger partial charge is 0.480 e. The van der Waals surface area contributed by atoms with Crippen LogP contribution in [-0.2, 0) is 11.2 Å². The van der Waals surface area contributed by atoms with Gasteiger partial charge in [-0.3, -0.25) is 0 Å². The Kier molecular flexibility index (Phi) is 5.06. The molecule has 0 saturated carbocycles. The molecule has 0 bridgehead atoms. The van der Waals surface area contributed by atoms with E-state index in [0.29, 0.717) is 5.69 Å². The lowest BCUT2D eigenvalue weighted by Gasteiger charge is -2.17. The highest BCUT2D eigenvalue weighted by molar-refractivity contribution is 7.80. The lowest BCUT2D eigenvalue weighted by molar-refractivity contribution is -0.139. The molecular formula is C16H15FN2O2S. The van der Waals surface area contributed by atoms with Gasteiger partial charge in [0, 0.05) is 17.7 Å². The first-order chi connectivity index (χ1) is 10.5. The topological polar surface area (TPSA) is 75.3 Å². The Bertz CT molecular complexity index is 689. The number of halogens is 1. The Morgan fingerprint density at radius 1 is 1.23 bits per heavy atom. The predicted octanol–water partition coefficient (Wildman–Crippen LogP) is 2.37. The number of anilines is 1. The summed E-state index contributed by atoms with van der Waals surface area (Å²) in [5.74, 6) is -1.55. The molecule has 0 saturated heterocycles. The van der Waals surface area contributed by atoms with Gasteiger partial charge in [0.2, 0.25) is 0 Å². The molecule has 22 heavy (non-hydrogen) atoms. The number of carbonyl (C=O) groups is 1. The van der Waals surface area contributed by atoms with Crippen molar-refractivity contribution in [3.05, 3.63) is 65.5 Å². The number of thiocarbonyl (C=S) groups is 1. The van der Waals surface area contributed by atoms with Gasteiger partial charge in [-0.1, -0.05) is 36.5 Å². The van der Waals surface area contributed by atoms with Crippen LogP contribution in [0, 0.1) is 5.82 Å².